The second-order valence-corrected chi connectivity index (χ2v) is 10.6. The molecule has 4 heterocycles. The fraction of sp³-hybridized carbons (Fsp3) is 0.444. The van der Waals surface area contributed by atoms with Gasteiger partial charge in [-0.1, -0.05) is 0 Å². The summed E-state index contributed by atoms with van der Waals surface area (Å²) in [7, 11) is 0. The van der Waals surface area contributed by atoms with Crippen molar-refractivity contribution in [3.63, 3.8) is 0 Å². The van der Waals surface area contributed by atoms with Crippen LogP contribution >= 0.6 is 0 Å². The van der Waals surface area contributed by atoms with Crippen LogP contribution < -0.4 is 0 Å². The van der Waals surface area contributed by atoms with Crippen molar-refractivity contribution in [2.45, 2.75) is 63.5 Å². The monoisotopic (exact) mass is 488 g/mol. The fourth-order valence-electron chi connectivity index (χ4n) is 5.92. The molecular formula is C27H26F2N6O. The lowest BCUT2D eigenvalue weighted by atomic mass is 9.50. The van der Waals surface area contributed by atoms with Gasteiger partial charge in [-0.05, 0) is 64.0 Å². The summed E-state index contributed by atoms with van der Waals surface area (Å²) in [5, 5.41) is 4.67. The van der Waals surface area contributed by atoms with E-state index in [-0.39, 0.29) is 23.1 Å². The fourth-order valence-corrected chi connectivity index (χ4v) is 5.92. The molecule has 8 rings (SSSR count). The van der Waals surface area contributed by atoms with Gasteiger partial charge in [-0.15, -0.1) is 0 Å². The van der Waals surface area contributed by atoms with Gasteiger partial charge in [0.15, 0.2) is 5.65 Å². The van der Waals surface area contributed by atoms with Gasteiger partial charge in [-0.25, -0.2) is 28.7 Å². The van der Waals surface area contributed by atoms with Crippen LogP contribution in [0.15, 0.2) is 30.6 Å². The number of rotatable bonds is 4. The number of fused-ring (bicyclic) bond motifs is 1. The Morgan fingerprint density at radius 1 is 1.03 bits per heavy atom. The Morgan fingerprint density at radius 2 is 1.83 bits per heavy atom. The Balaban J connectivity index is 1.26. The molecule has 2 bridgehead atoms. The molecule has 2 unspecified atom stereocenters. The summed E-state index contributed by atoms with van der Waals surface area (Å²) in [5.41, 5.74) is 4.13. The first-order chi connectivity index (χ1) is 17.4. The first kappa shape index (κ1) is 21.9. The molecule has 184 valence electrons. The normalized spacial score (nSPS) is 27.1. The van der Waals surface area contributed by atoms with Crippen LogP contribution in [0.25, 0.3) is 22.4 Å². The number of nitrogens with zero attached hydrogens (tertiary/aromatic N) is 6. The molecule has 1 aromatic carbocycles. The van der Waals surface area contributed by atoms with Gasteiger partial charge in [0.05, 0.1) is 29.2 Å². The van der Waals surface area contributed by atoms with E-state index in [0.29, 0.717) is 35.7 Å². The molecule has 4 aliphatic rings. The van der Waals surface area contributed by atoms with Crippen LogP contribution in [0, 0.1) is 31.4 Å². The van der Waals surface area contributed by atoms with E-state index in [0.717, 1.165) is 35.4 Å². The van der Waals surface area contributed by atoms with Crippen molar-refractivity contribution in [1.29, 1.82) is 0 Å². The highest BCUT2D eigenvalue weighted by Crippen LogP contribution is 2.62. The van der Waals surface area contributed by atoms with Crippen LogP contribution in [0.5, 0.6) is 0 Å². The molecule has 0 radical (unpaired) electrons. The number of halogens is 2. The zero-order chi connectivity index (χ0) is 24.6. The number of hydrogen-bond donors (Lipinski definition) is 0. The molecule has 3 aromatic heterocycles. The summed E-state index contributed by atoms with van der Waals surface area (Å²) < 4.78 is 36.8. The van der Waals surface area contributed by atoms with Crippen molar-refractivity contribution >= 4 is 11.2 Å². The Morgan fingerprint density at radius 3 is 2.58 bits per heavy atom. The van der Waals surface area contributed by atoms with Gasteiger partial charge in [0.2, 0.25) is 0 Å². The third-order valence-corrected chi connectivity index (χ3v) is 8.26. The summed E-state index contributed by atoms with van der Waals surface area (Å²) in [6, 6.07) is 3.50. The second-order valence-electron chi connectivity index (χ2n) is 10.6. The van der Waals surface area contributed by atoms with Crippen LogP contribution in [0.4, 0.5) is 8.78 Å². The number of benzene rings is 1. The van der Waals surface area contributed by atoms with E-state index in [1.54, 1.807) is 0 Å². The van der Waals surface area contributed by atoms with Crippen LogP contribution in [0.1, 0.15) is 66.9 Å². The minimum Gasteiger partial charge on any atom is -0.373 e. The van der Waals surface area contributed by atoms with Gasteiger partial charge in [0, 0.05) is 35.9 Å². The van der Waals surface area contributed by atoms with Gasteiger partial charge in [-0.2, -0.15) is 5.10 Å². The second kappa shape index (κ2) is 7.83. The Kier molecular flexibility index (Phi) is 4.77. The average Bonchev–Trinajstić information content (AvgIpc) is 3.27. The van der Waals surface area contributed by atoms with Crippen molar-refractivity contribution < 1.29 is 13.5 Å². The molecule has 0 amide bonds. The summed E-state index contributed by atoms with van der Waals surface area (Å²) >= 11 is 0. The first-order valence-corrected chi connectivity index (χ1v) is 12.5. The Hall–Kier alpha value is -3.33. The van der Waals surface area contributed by atoms with Crippen molar-refractivity contribution in [3.8, 4) is 11.3 Å². The molecule has 1 saturated heterocycles. The molecule has 4 aromatic rings. The van der Waals surface area contributed by atoms with Crippen molar-refractivity contribution in [2.24, 2.45) is 5.92 Å². The molecule has 3 aliphatic carbocycles. The van der Waals surface area contributed by atoms with Crippen LogP contribution in [-0.2, 0) is 10.3 Å². The third kappa shape index (κ3) is 3.36. The highest BCUT2D eigenvalue weighted by Gasteiger charge is 2.58. The first-order valence-electron chi connectivity index (χ1n) is 12.5. The van der Waals surface area contributed by atoms with Crippen molar-refractivity contribution in [3.05, 3.63) is 65.0 Å². The SMILES string of the molecule is Cc1nc2nc(C3CCOC(c4cnn(C56CC(C5)C6)c4)C3)nc(-c3ccc(F)cc3F)c2nc1C. The van der Waals surface area contributed by atoms with Crippen LogP contribution in [-0.4, -0.2) is 36.3 Å². The zero-order valence-electron chi connectivity index (χ0n) is 20.2. The van der Waals surface area contributed by atoms with E-state index in [1.165, 1.54) is 31.4 Å². The number of ether oxygens (including phenoxy) is 1. The van der Waals surface area contributed by atoms with Gasteiger partial charge >= 0.3 is 0 Å². The molecule has 1 aliphatic heterocycles. The van der Waals surface area contributed by atoms with Gasteiger partial charge < -0.3 is 4.74 Å². The molecule has 7 nitrogen and oxygen atoms in total. The third-order valence-electron chi connectivity index (χ3n) is 8.26. The number of aromatic nitrogens is 6. The Bertz CT molecular complexity index is 1500. The lowest BCUT2D eigenvalue weighted by Crippen LogP contribution is -2.59. The molecular weight excluding hydrogens is 462 g/mol. The minimum atomic E-state index is -0.688. The summed E-state index contributed by atoms with van der Waals surface area (Å²) in [5.74, 6) is 0.135. The minimum absolute atomic E-state index is 0.00267. The lowest BCUT2D eigenvalue weighted by molar-refractivity contribution is -0.0980. The molecule has 3 saturated carbocycles. The van der Waals surface area contributed by atoms with E-state index < -0.39 is 11.6 Å². The van der Waals surface area contributed by atoms with Crippen LogP contribution in [0.3, 0.4) is 0 Å². The van der Waals surface area contributed by atoms with Gasteiger partial charge in [-0.3, -0.25) is 4.68 Å². The van der Waals surface area contributed by atoms with E-state index in [4.69, 9.17) is 14.7 Å². The van der Waals surface area contributed by atoms with E-state index in [2.05, 4.69) is 25.9 Å². The average molecular weight is 489 g/mol. The molecule has 9 heteroatoms. The predicted octanol–water partition coefficient (Wildman–Crippen LogP) is 5.32. The number of aryl methyl sites for hydroxylation is 2. The quantitative estimate of drug-likeness (QED) is 0.387. The highest BCUT2D eigenvalue weighted by atomic mass is 19.1. The topological polar surface area (TPSA) is 78.6 Å². The molecule has 36 heavy (non-hydrogen) atoms. The summed E-state index contributed by atoms with van der Waals surface area (Å²) in [6.07, 6.45) is 9.08. The lowest BCUT2D eigenvalue weighted by Gasteiger charge is -2.61. The standard InChI is InChI=1S/C27H26F2N6O/c1-14-15(2)32-26-24(31-14)23(20-4-3-19(28)8-21(20)29)33-25(34-26)17-5-6-36-22(7-17)18-12-30-35(13-18)27-9-16(10-27)11-27/h3-4,8,12-13,16-17,22H,5-7,9-11H2,1-2H3. The smallest absolute Gasteiger partial charge is 0.182 e. The Labute approximate surface area is 207 Å². The van der Waals surface area contributed by atoms with Crippen molar-refractivity contribution in [2.75, 3.05) is 6.61 Å². The van der Waals surface area contributed by atoms with E-state index >= 15 is 0 Å². The maximum absolute atomic E-state index is 14.9. The van der Waals surface area contributed by atoms with Crippen molar-refractivity contribution in [1.82, 2.24) is 29.7 Å². The maximum Gasteiger partial charge on any atom is 0.182 e. The molecule has 2 atom stereocenters. The van der Waals surface area contributed by atoms with Gasteiger partial charge in [0.1, 0.15) is 28.7 Å². The van der Waals surface area contributed by atoms with E-state index in [1.807, 2.05) is 20.0 Å². The molecule has 0 N–H and O–H groups in total. The number of hydrogen-bond acceptors (Lipinski definition) is 6. The van der Waals surface area contributed by atoms with Gasteiger partial charge in [0.25, 0.3) is 0 Å². The maximum atomic E-state index is 14.9. The molecule has 4 fully saturated rings. The molecule has 0 spiro atoms. The summed E-state index contributed by atoms with van der Waals surface area (Å²) in [6.45, 7) is 4.28. The summed E-state index contributed by atoms with van der Waals surface area (Å²) in [4.78, 5) is 18.8. The van der Waals surface area contributed by atoms with E-state index in [9.17, 15) is 8.78 Å². The predicted molar refractivity (Wildman–Crippen MR) is 128 cm³/mol. The highest BCUT2D eigenvalue weighted by molar-refractivity contribution is 5.87. The largest absolute Gasteiger partial charge is 0.373 e. The van der Waals surface area contributed by atoms with Crippen LogP contribution in [0.2, 0.25) is 0 Å². The zero-order valence-corrected chi connectivity index (χ0v) is 20.2.